The van der Waals surface area contributed by atoms with Gasteiger partial charge in [-0.15, -0.1) is 11.3 Å². The van der Waals surface area contributed by atoms with Crippen LogP contribution in [-0.2, 0) is 19.3 Å². The van der Waals surface area contributed by atoms with E-state index in [-0.39, 0.29) is 6.10 Å². The Kier molecular flexibility index (Phi) is 3.96. The molecule has 0 amide bonds. The fraction of sp³-hybridized carbons (Fsp3) is 0.304. The van der Waals surface area contributed by atoms with Gasteiger partial charge in [-0.25, -0.2) is 0 Å². The van der Waals surface area contributed by atoms with Crippen LogP contribution in [0.5, 0.6) is 5.75 Å². The summed E-state index contributed by atoms with van der Waals surface area (Å²) in [7, 11) is 0. The van der Waals surface area contributed by atoms with Gasteiger partial charge in [0.2, 0.25) is 0 Å². The van der Waals surface area contributed by atoms with Crippen LogP contribution in [0.25, 0.3) is 21.3 Å². The molecule has 1 aromatic carbocycles. The van der Waals surface area contributed by atoms with Crippen molar-refractivity contribution in [2.75, 3.05) is 0 Å². The lowest BCUT2D eigenvalue weighted by molar-refractivity contribution is 0.189. The van der Waals surface area contributed by atoms with Gasteiger partial charge in [0.25, 0.3) is 0 Å². The van der Waals surface area contributed by atoms with Crippen LogP contribution < -0.4 is 4.74 Å². The summed E-state index contributed by atoms with van der Waals surface area (Å²) >= 11 is 8.27. The number of rotatable bonds is 2. The van der Waals surface area contributed by atoms with E-state index in [9.17, 15) is 0 Å². The van der Waals surface area contributed by atoms with Gasteiger partial charge in [0, 0.05) is 44.8 Å². The van der Waals surface area contributed by atoms with Gasteiger partial charge in [0.05, 0.1) is 15.9 Å². The van der Waals surface area contributed by atoms with Crippen molar-refractivity contribution >= 4 is 33.2 Å². The van der Waals surface area contributed by atoms with E-state index in [1.54, 1.807) is 11.3 Å². The molecule has 0 unspecified atom stereocenters. The summed E-state index contributed by atoms with van der Waals surface area (Å²) in [5, 5.41) is 5.04. The molecule has 4 heterocycles. The van der Waals surface area contributed by atoms with Gasteiger partial charge in [-0.2, -0.15) is 0 Å². The minimum absolute atomic E-state index is 0.140. The third-order valence-corrected chi connectivity index (χ3v) is 7.20. The van der Waals surface area contributed by atoms with Gasteiger partial charge in [-0.1, -0.05) is 16.8 Å². The molecule has 1 aliphatic carbocycles. The molecule has 29 heavy (non-hydrogen) atoms. The van der Waals surface area contributed by atoms with Crippen LogP contribution in [0.1, 0.15) is 46.4 Å². The van der Waals surface area contributed by atoms with E-state index in [1.165, 1.54) is 28.0 Å². The molecule has 3 aromatic heterocycles. The Morgan fingerprint density at radius 2 is 2.03 bits per heavy atom. The molecule has 0 N–H and O–H groups in total. The fourth-order valence-corrected chi connectivity index (χ4v) is 5.85. The molecule has 1 aliphatic heterocycles. The van der Waals surface area contributed by atoms with Crippen LogP contribution in [0.15, 0.2) is 35.0 Å². The van der Waals surface area contributed by atoms with Gasteiger partial charge in [0.15, 0.2) is 11.9 Å². The van der Waals surface area contributed by atoms with E-state index in [1.807, 2.05) is 18.3 Å². The number of ether oxygens (including phenoxy) is 1. The number of nitrogens with zero attached hydrogens (tertiary/aromatic N) is 2. The van der Waals surface area contributed by atoms with Crippen LogP contribution in [0.3, 0.4) is 0 Å². The summed E-state index contributed by atoms with van der Waals surface area (Å²) in [5.74, 6) is 1.80. The molecule has 4 aromatic rings. The van der Waals surface area contributed by atoms with Crippen molar-refractivity contribution in [1.29, 1.82) is 0 Å². The van der Waals surface area contributed by atoms with E-state index in [4.69, 9.17) is 20.9 Å². The summed E-state index contributed by atoms with van der Waals surface area (Å²) < 4.78 is 13.4. The quantitative estimate of drug-likeness (QED) is 0.371. The summed E-state index contributed by atoms with van der Waals surface area (Å²) in [6.45, 7) is 2.11. The van der Waals surface area contributed by atoms with Crippen molar-refractivity contribution in [3.8, 4) is 16.9 Å². The Balaban J connectivity index is 1.46. The maximum Gasteiger partial charge on any atom is 0.181 e. The molecular weight excluding hydrogens is 404 g/mol. The highest BCUT2D eigenvalue weighted by molar-refractivity contribution is 7.19. The normalized spacial score (nSPS) is 17.9. The number of hydrogen-bond acceptors (Lipinski definition) is 5. The molecule has 2 aliphatic rings. The second-order valence-electron chi connectivity index (χ2n) is 7.86. The lowest BCUT2D eigenvalue weighted by Crippen LogP contribution is -2.08. The van der Waals surface area contributed by atoms with Gasteiger partial charge < -0.3 is 9.26 Å². The van der Waals surface area contributed by atoms with Crippen molar-refractivity contribution in [3.05, 3.63) is 62.9 Å². The molecule has 146 valence electrons. The van der Waals surface area contributed by atoms with E-state index < -0.39 is 0 Å². The highest BCUT2D eigenvalue weighted by Crippen LogP contribution is 2.48. The molecule has 6 rings (SSSR count). The first kappa shape index (κ1) is 17.5. The smallest absolute Gasteiger partial charge is 0.181 e. The second kappa shape index (κ2) is 6.57. The number of thiophene rings is 1. The summed E-state index contributed by atoms with van der Waals surface area (Å²) in [6.07, 6.45) is 6.87. The van der Waals surface area contributed by atoms with E-state index in [0.717, 1.165) is 63.7 Å². The van der Waals surface area contributed by atoms with Crippen molar-refractivity contribution in [2.45, 2.75) is 45.1 Å². The van der Waals surface area contributed by atoms with Crippen LogP contribution in [-0.4, -0.2) is 10.1 Å². The topological polar surface area (TPSA) is 48.2 Å². The number of hydrogen-bond donors (Lipinski definition) is 0. The molecule has 6 heteroatoms. The molecule has 0 fully saturated rings. The van der Waals surface area contributed by atoms with Crippen molar-refractivity contribution in [3.63, 3.8) is 0 Å². The molecule has 4 nitrogen and oxygen atoms in total. The van der Waals surface area contributed by atoms with Crippen molar-refractivity contribution < 1.29 is 9.26 Å². The maximum atomic E-state index is 6.52. The zero-order valence-electron chi connectivity index (χ0n) is 16.0. The Bertz CT molecular complexity index is 1260. The average molecular weight is 423 g/mol. The predicted octanol–water partition coefficient (Wildman–Crippen LogP) is 6.47. The molecular formula is C23H19ClN2O2S. The second-order valence-corrected chi connectivity index (χ2v) is 9.55. The number of halogens is 1. The average Bonchev–Trinajstić information content (AvgIpc) is 3.41. The highest BCUT2D eigenvalue weighted by atomic mass is 35.5. The summed E-state index contributed by atoms with van der Waals surface area (Å²) in [4.78, 5) is 5.76. The van der Waals surface area contributed by atoms with Crippen LogP contribution in [0.2, 0.25) is 5.02 Å². The maximum absolute atomic E-state index is 6.52. The largest absolute Gasteiger partial charge is 0.481 e. The minimum atomic E-state index is -0.140. The first-order valence-electron chi connectivity index (χ1n) is 9.99. The Morgan fingerprint density at radius 1 is 1.14 bits per heavy atom. The van der Waals surface area contributed by atoms with E-state index >= 15 is 0 Å². The molecule has 1 atom stereocenters. The van der Waals surface area contributed by atoms with Crippen LogP contribution >= 0.6 is 22.9 Å². The monoisotopic (exact) mass is 422 g/mol. The summed E-state index contributed by atoms with van der Waals surface area (Å²) in [6, 6.07) is 8.19. The van der Waals surface area contributed by atoms with Gasteiger partial charge in [0.1, 0.15) is 5.75 Å². The zero-order chi connectivity index (χ0) is 19.5. The molecule has 0 spiro atoms. The molecule has 0 saturated heterocycles. The Hall–Kier alpha value is -2.37. The van der Waals surface area contributed by atoms with Crippen molar-refractivity contribution in [1.82, 2.24) is 10.1 Å². The Labute approximate surface area is 177 Å². The standard InChI is InChI=1S/C23H19ClN2O2S/c1-12-8-19-23(29-12)15(6-7-25-19)17-11-14(24)9-13-10-20(27-21(13)17)22-16-4-2-3-5-18(16)26-28-22/h6-9,11,20H,2-5,10H2,1H3/t20-/m1/s1. The molecule has 0 radical (unpaired) electrons. The number of benzene rings is 1. The number of aromatic nitrogens is 2. The van der Waals surface area contributed by atoms with Crippen LogP contribution in [0, 0.1) is 6.92 Å². The first-order valence-corrected chi connectivity index (χ1v) is 11.2. The lowest BCUT2D eigenvalue weighted by Gasteiger charge is -2.14. The number of fused-ring (bicyclic) bond motifs is 3. The number of aryl methyl sites for hydroxylation is 2. The first-order chi connectivity index (χ1) is 14.2. The Morgan fingerprint density at radius 3 is 2.97 bits per heavy atom. The zero-order valence-corrected chi connectivity index (χ0v) is 17.6. The third kappa shape index (κ3) is 2.79. The highest BCUT2D eigenvalue weighted by Gasteiger charge is 2.34. The van der Waals surface area contributed by atoms with E-state index in [0.29, 0.717) is 0 Å². The number of pyridine rings is 1. The van der Waals surface area contributed by atoms with Gasteiger partial charge in [-0.3, -0.25) is 4.98 Å². The van der Waals surface area contributed by atoms with Gasteiger partial charge >= 0.3 is 0 Å². The fourth-order valence-electron chi connectivity index (χ4n) is 4.61. The van der Waals surface area contributed by atoms with Crippen LogP contribution in [0.4, 0.5) is 0 Å². The third-order valence-electron chi connectivity index (χ3n) is 5.90. The lowest BCUT2D eigenvalue weighted by atomic mass is 9.93. The molecule has 0 saturated carbocycles. The predicted molar refractivity (Wildman–Crippen MR) is 115 cm³/mol. The van der Waals surface area contributed by atoms with E-state index in [2.05, 4.69) is 29.2 Å². The van der Waals surface area contributed by atoms with Gasteiger partial charge in [-0.05, 0) is 56.9 Å². The minimum Gasteiger partial charge on any atom is -0.481 e. The SMILES string of the molecule is Cc1cc2nccc(-c3cc(Cl)cc4c3O[C@@H](c3onc5c3CCCC5)C4)c2s1. The molecule has 0 bridgehead atoms. The van der Waals surface area contributed by atoms with Crippen molar-refractivity contribution in [2.24, 2.45) is 0 Å². The summed E-state index contributed by atoms with van der Waals surface area (Å²) in [5.41, 5.74) is 6.63.